The summed E-state index contributed by atoms with van der Waals surface area (Å²) in [4.78, 5) is 5.10. The third-order valence-electron chi connectivity index (χ3n) is 3.26. The maximum Gasteiger partial charge on any atom is 0.149 e. The Bertz CT molecular complexity index is 695. The highest BCUT2D eigenvalue weighted by molar-refractivity contribution is 7.10. The van der Waals surface area contributed by atoms with Crippen molar-refractivity contribution in [2.45, 2.75) is 19.5 Å². The minimum atomic E-state index is -0.302. The van der Waals surface area contributed by atoms with Crippen molar-refractivity contribution >= 4 is 11.3 Å². The van der Waals surface area contributed by atoms with Crippen molar-refractivity contribution in [2.75, 3.05) is 0 Å². The van der Waals surface area contributed by atoms with E-state index in [1.54, 1.807) is 17.4 Å². The van der Waals surface area contributed by atoms with Crippen molar-refractivity contribution in [1.29, 1.82) is 0 Å². The lowest BCUT2D eigenvalue weighted by Gasteiger charge is -2.12. The first-order valence-corrected chi connectivity index (χ1v) is 7.52. The topological polar surface area (TPSA) is 42.7 Å². The van der Waals surface area contributed by atoms with E-state index in [4.69, 9.17) is 0 Å². The molecule has 1 aromatic carbocycles. The summed E-state index contributed by atoms with van der Waals surface area (Å²) in [5.74, 6) is -0.302. The molecule has 0 saturated carbocycles. The molecule has 21 heavy (non-hydrogen) atoms. The first kappa shape index (κ1) is 13.9. The van der Waals surface area contributed by atoms with E-state index >= 15 is 0 Å². The van der Waals surface area contributed by atoms with E-state index in [0.29, 0.717) is 12.2 Å². The van der Waals surface area contributed by atoms with Gasteiger partial charge in [-0.05, 0) is 36.1 Å². The maximum absolute atomic E-state index is 14.1. The first-order valence-electron chi connectivity index (χ1n) is 6.64. The second kappa shape index (κ2) is 6.15. The van der Waals surface area contributed by atoms with Gasteiger partial charge in [0.05, 0.1) is 0 Å². The van der Waals surface area contributed by atoms with Gasteiger partial charge in [-0.25, -0.2) is 14.1 Å². The van der Waals surface area contributed by atoms with E-state index in [1.807, 2.05) is 12.1 Å². The average Bonchev–Trinajstić information content (AvgIpc) is 3.17. The highest BCUT2D eigenvalue weighted by atomic mass is 32.1. The number of hydrogen-bond donors (Lipinski definition) is 1. The van der Waals surface area contributed by atoms with Crippen molar-refractivity contribution in [3.05, 3.63) is 64.6 Å². The van der Waals surface area contributed by atoms with Crippen LogP contribution in [0.2, 0.25) is 0 Å². The molecule has 6 heteroatoms. The first-order chi connectivity index (χ1) is 10.2. The van der Waals surface area contributed by atoms with Crippen LogP contribution in [0.5, 0.6) is 0 Å². The Balaban J connectivity index is 1.68. The summed E-state index contributed by atoms with van der Waals surface area (Å²) < 4.78 is 15.5. The fraction of sp³-hybridized carbons (Fsp3) is 0.200. The Kier molecular flexibility index (Phi) is 4.08. The summed E-state index contributed by atoms with van der Waals surface area (Å²) in [5, 5.41) is 9.38. The largest absolute Gasteiger partial charge is 0.305 e. The maximum atomic E-state index is 14.1. The van der Waals surface area contributed by atoms with Crippen LogP contribution in [0.15, 0.2) is 48.4 Å². The van der Waals surface area contributed by atoms with E-state index in [2.05, 4.69) is 33.8 Å². The molecule has 3 rings (SSSR count). The van der Waals surface area contributed by atoms with Crippen molar-refractivity contribution in [3.63, 3.8) is 0 Å². The SMILES string of the molecule is C[C@H](NCc1ccc(-n2cncn2)c(F)c1)c1cccs1. The van der Waals surface area contributed by atoms with Crippen LogP contribution in [0.3, 0.4) is 0 Å². The summed E-state index contributed by atoms with van der Waals surface area (Å²) in [6.07, 6.45) is 2.87. The summed E-state index contributed by atoms with van der Waals surface area (Å²) in [6, 6.07) is 9.53. The predicted octanol–water partition coefficient (Wildman–Crippen LogP) is 3.32. The smallest absolute Gasteiger partial charge is 0.149 e. The minimum absolute atomic E-state index is 0.253. The molecule has 0 aliphatic heterocycles. The number of aromatic nitrogens is 3. The van der Waals surface area contributed by atoms with E-state index in [-0.39, 0.29) is 11.9 Å². The zero-order chi connectivity index (χ0) is 14.7. The Morgan fingerprint density at radius 2 is 2.29 bits per heavy atom. The molecule has 2 aromatic heterocycles. The standard InChI is InChI=1S/C15H15FN4S/c1-11(15-3-2-6-21-15)18-8-12-4-5-14(13(16)7-12)20-10-17-9-19-20/h2-7,9-11,18H,8H2,1H3/t11-/m0/s1. The molecular formula is C15H15FN4S. The fourth-order valence-corrected chi connectivity index (χ4v) is 2.85. The zero-order valence-corrected chi connectivity index (χ0v) is 12.3. The van der Waals surface area contributed by atoms with Crippen LogP contribution in [0, 0.1) is 5.82 Å². The monoisotopic (exact) mass is 302 g/mol. The van der Waals surface area contributed by atoms with Gasteiger partial charge in [-0.3, -0.25) is 0 Å². The van der Waals surface area contributed by atoms with Gasteiger partial charge < -0.3 is 5.32 Å². The van der Waals surface area contributed by atoms with Gasteiger partial charge in [0, 0.05) is 17.5 Å². The van der Waals surface area contributed by atoms with Crippen LogP contribution in [0.4, 0.5) is 4.39 Å². The number of hydrogen-bond acceptors (Lipinski definition) is 4. The summed E-state index contributed by atoms with van der Waals surface area (Å²) >= 11 is 1.71. The molecule has 108 valence electrons. The van der Waals surface area contributed by atoms with Gasteiger partial charge in [0.15, 0.2) is 0 Å². The molecule has 0 unspecified atom stereocenters. The quantitative estimate of drug-likeness (QED) is 0.786. The second-order valence-corrected chi connectivity index (χ2v) is 5.72. The third kappa shape index (κ3) is 3.17. The van der Waals surface area contributed by atoms with E-state index in [0.717, 1.165) is 5.56 Å². The number of thiophene rings is 1. The van der Waals surface area contributed by atoms with Gasteiger partial charge in [0.25, 0.3) is 0 Å². The van der Waals surface area contributed by atoms with Gasteiger partial charge in [0.2, 0.25) is 0 Å². The Hall–Kier alpha value is -2.05. The van der Waals surface area contributed by atoms with Crippen LogP contribution in [-0.2, 0) is 6.54 Å². The van der Waals surface area contributed by atoms with Crippen LogP contribution in [0.25, 0.3) is 5.69 Å². The summed E-state index contributed by atoms with van der Waals surface area (Å²) in [6.45, 7) is 2.72. The van der Waals surface area contributed by atoms with Gasteiger partial charge in [-0.2, -0.15) is 5.10 Å². The lowest BCUT2D eigenvalue weighted by molar-refractivity contribution is 0.573. The highest BCUT2D eigenvalue weighted by Crippen LogP contribution is 2.19. The molecule has 0 bridgehead atoms. The number of nitrogens with one attached hydrogen (secondary N) is 1. The number of benzene rings is 1. The highest BCUT2D eigenvalue weighted by Gasteiger charge is 2.08. The zero-order valence-electron chi connectivity index (χ0n) is 11.5. The molecule has 0 amide bonds. The van der Waals surface area contributed by atoms with Crippen molar-refractivity contribution in [1.82, 2.24) is 20.1 Å². The molecule has 1 N–H and O–H groups in total. The van der Waals surface area contributed by atoms with E-state index in [1.165, 1.54) is 28.3 Å². The second-order valence-electron chi connectivity index (χ2n) is 4.74. The molecule has 1 atom stereocenters. The van der Waals surface area contributed by atoms with Gasteiger partial charge >= 0.3 is 0 Å². The molecule has 0 radical (unpaired) electrons. The molecule has 2 heterocycles. The van der Waals surface area contributed by atoms with Crippen molar-refractivity contribution in [2.24, 2.45) is 0 Å². The lowest BCUT2D eigenvalue weighted by Crippen LogP contribution is -2.17. The van der Waals surface area contributed by atoms with Crippen molar-refractivity contribution < 1.29 is 4.39 Å². The van der Waals surface area contributed by atoms with Crippen LogP contribution >= 0.6 is 11.3 Å². The molecular weight excluding hydrogens is 287 g/mol. The van der Waals surface area contributed by atoms with Gasteiger partial charge in [-0.15, -0.1) is 11.3 Å². The van der Waals surface area contributed by atoms with E-state index < -0.39 is 0 Å². The lowest BCUT2D eigenvalue weighted by atomic mass is 10.1. The van der Waals surface area contributed by atoms with Gasteiger partial charge in [0.1, 0.15) is 24.2 Å². The van der Waals surface area contributed by atoms with Gasteiger partial charge in [-0.1, -0.05) is 12.1 Å². The van der Waals surface area contributed by atoms with Crippen LogP contribution < -0.4 is 5.32 Å². The molecule has 0 aliphatic rings. The predicted molar refractivity (Wildman–Crippen MR) is 80.9 cm³/mol. The third-order valence-corrected chi connectivity index (χ3v) is 4.32. The summed E-state index contributed by atoms with van der Waals surface area (Å²) in [7, 11) is 0. The normalized spacial score (nSPS) is 12.5. The number of halogens is 1. The van der Waals surface area contributed by atoms with Crippen molar-refractivity contribution in [3.8, 4) is 5.69 Å². The summed E-state index contributed by atoms with van der Waals surface area (Å²) in [5.41, 5.74) is 1.31. The molecule has 4 nitrogen and oxygen atoms in total. The number of rotatable bonds is 5. The number of nitrogens with zero attached hydrogens (tertiary/aromatic N) is 3. The molecule has 3 aromatic rings. The van der Waals surface area contributed by atoms with Crippen LogP contribution in [-0.4, -0.2) is 14.8 Å². The molecule has 0 fully saturated rings. The van der Waals surface area contributed by atoms with E-state index in [9.17, 15) is 4.39 Å². The Morgan fingerprint density at radius 3 is 2.95 bits per heavy atom. The average molecular weight is 302 g/mol. The van der Waals surface area contributed by atoms with Crippen LogP contribution in [0.1, 0.15) is 23.4 Å². The minimum Gasteiger partial charge on any atom is -0.305 e. The Labute approximate surface area is 126 Å². The molecule has 0 spiro atoms. The fourth-order valence-electron chi connectivity index (χ4n) is 2.09. The molecule has 0 saturated heterocycles. The molecule has 0 aliphatic carbocycles. The Morgan fingerprint density at radius 1 is 1.38 bits per heavy atom.